The number of ether oxygens (including phenoxy) is 1. The quantitative estimate of drug-likeness (QED) is 0.701. The van der Waals surface area contributed by atoms with E-state index in [1.807, 2.05) is 0 Å². The number of carbonyl (C=O) groups excluding carboxylic acids is 1. The van der Waals surface area contributed by atoms with Crippen molar-refractivity contribution in [2.75, 3.05) is 7.11 Å². The molecule has 1 atom stereocenters. The summed E-state index contributed by atoms with van der Waals surface area (Å²) in [5, 5.41) is 11.3. The molecular weight excluding hydrogens is 198 g/mol. The molecule has 0 heterocycles. The van der Waals surface area contributed by atoms with Gasteiger partial charge in [-0.1, -0.05) is 6.92 Å². The van der Waals surface area contributed by atoms with Crippen LogP contribution in [0.2, 0.25) is 0 Å². The molecule has 1 fully saturated rings. The van der Waals surface area contributed by atoms with Crippen molar-refractivity contribution in [3.8, 4) is 0 Å². The Labute approximate surface area is 88.8 Å². The molecule has 0 bridgehead atoms. The number of carbonyl (C=O) groups is 2. The standard InChI is InChI=1S/C10H17NO4/c1-3-7(8(12)13)11-9(14)10(15-2)5-4-6-10/h7H,3-6H2,1-2H3,(H,11,14)(H,12,13). The van der Waals surface area contributed by atoms with Gasteiger partial charge in [0, 0.05) is 7.11 Å². The fraction of sp³-hybridized carbons (Fsp3) is 0.800. The summed E-state index contributed by atoms with van der Waals surface area (Å²) in [4.78, 5) is 22.5. The van der Waals surface area contributed by atoms with Crippen LogP contribution in [0.5, 0.6) is 0 Å². The van der Waals surface area contributed by atoms with Gasteiger partial charge >= 0.3 is 5.97 Å². The summed E-state index contributed by atoms with van der Waals surface area (Å²) in [7, 11) is 1.49. The van der Waals surface area contributed by atoms with Crippen LogP contribution < -0.4 is 5.32 Å². The molecule has 0 aromatic heterocycles. The van der Waals surface area contributed by atoms with Gasteiger partial charge in [-0.2, -0.15) is 0 Å². The van der Waals surface area contributed by atoms with Crippen molar-refractivity contribution < 1.29 is 19.4 Å². The minimum Gasteiger partial charge on any atom is -0.480 e. The van der Waals surface area contributed by atoms with Crippen LogP contribution in [0.4, 0.5) is 0 Å². The molecule has 1 aliphatic carbocycles. The van der Waals surface area contributed by atoms with Crippen LogP contribution in [-0.2, 0) is 14.3 Å². The van der Waals surface area contributed by atoms with E-state index in [1.54, 1.807) is 6.92 Å². The van der Waals surface area contributed by atoms with Crippen molar-refractivity contribution in [1.82, 2.24) is 5.32 Å². The smallest absolute Gasteiger partial charge is 0.326 e. The van der Waals surface area contributed by atoms with E-state index in [1.165, 1.54) is 7.11 Å². The maximum absolute atomic E-state index is 11.8. The third-order valence-electron chi connectivity index (χ3n) is 2.98. The van der Waals surface area contributed by atoms with E-state index in [4.69, 9.17) is 9.84 Å². The first-order valence-electron chi connectivity index (χ1n) is 5.14. The van der Waals surface area contributed by atoms with Gasteiger partial charge in [0.2, 0.25) is 0 Å². The maximum atomic E-state index is 11.8. The van der Waals surface area contributed by atoms with Crippen molar-refractivity contribution in [3.63, 3.8) is 0 Å². The third kappa shape index (κ3) is 2.28. The summed E-state index contributed by atoms with van der Waals surface area (Å²) >= 11 is 0. The molecule has 5 nitrogen and oxygen atoms in total. The molecule has 0 aromatic carbocycles. The average Bonchev–Trinajstić information content (AvgIpc) is 2.12. The van der Waals surface area contributed by atoms with Crippen molar-refractivity contribution in [2.45, 2.75) is 44.2 Å². The number of carboxylic acid groups (broad SMARTS) is 1. The lowest BCUT2D eigenvalue weighted by molar-refractivity contribution is -0.158. The highest BCUT2D eigenvalue weighted by atomic mass is 16.5. The Bertz CT molecular complexity index is 255. The van der Waals surface area contributed by atoms with Crippen molar-refractivity contribution in [3.05, 3.63) is 0 Å². The first-order valence-corrected chi connectivity index (χ1v) is 5.14. The molecule has 1 saturated carbocycles. The Balaban J connectivity index is 2.57. The predicted octanol–water partition coefficient (Wildman–Crippen LogP) is 0.535. The zero-order valence-corrected chi connectivity index (χ0v) is 9.08. The molecule has 86 valence electrons. The zero-order chi connectivity index (χ0) is 11.5. The van der Waals surface area contributed by atoms with Gasteiger partial charge in [0.15, 0.2) is 0 Å². The Morgan fingerprint density at radius 1 is 1.53 bits per heavy atom. The van der Waals surface area contributed by atoms with E-state index in [0.29, 0.717) is 19.3 Å². The van der Waals surface area contributed by atoms with Crippen LogP contribution in [0.25, 0.3) is 0 Å². The molecule has 0 radical (unpaired) electrons. The third-order valence-corrected chi connectivity index (χ3v) is 2.98. The van der Waals surface area contributed by atoms with E-state index >= 15 is 0 Å². The number of aliphatic carboxylic acids is 1. The fourth-order valence-electron chi connectivity index (χ4n) is 1.65. The van der Waals surface area contributed by atoms with Gasteiger partial charge in [0.25, 0.3) is 5.91 Å². The molecule has 5 heteroatoms. The largest absolute Gasteiger partial charge is 0.480 e. The van der Waals surface area contributed by atoms with Crippen LogP contribution in [0.1, 0.15) is 32.6 Å². The number of nitrogens with one attached hydrogen (secondary N) is 1. The average molecular weight is 215 g/mol. The highest BCUT2D eigenvalue weighted by Crippen LogP contribution is 2.35. The molecule has 2 N–H and O–H groups in total. The topological polar surface area (TPSA) is 75.6 Å². The van der Waals surface area contributed by atoms with Crippen molar-refractivity contribution in [2.24, 2.45) is 0 Å². The fourth-order valence-corrected chi connectivity index (χ4v) is 1.65. The lowest BCUT2D eigenvalue weighted by atomic mass is 9.79. The summed E-state index contributed by atoms with van der Waals surface area (Å²) in [6.07, 6.45) is 2.67. The minimum atomic E-state index is -1.00. The monoisotopic (exact) mass is 215 g/mol. The van der Waals surface area contributed by atoms with Gasteiger partial charge in [-0.15, -0.1) is 0 Å². The summed E-state index contributed by atoms with van der Waals surface area (Å²) in [6.45, 7) is 1.72. The highest BCUT2D eigenvalue weighted by Gasteiger charge is 2.45. The molecule has 1 unspecified atom stereocenters. The van der Waals surface area contributed by atoms with E-state index in [-0.39, 0.29) is 5.91 Å². The van der Waals surface area contributed by atoms with Crippen LogP contribution in [-0.4, -0.2) is 35.7 Å². The van der Waals surface area contributed by atoms with Crippen molar-refractivity contribution >= 4 is 11.9 Å². The van der Waals surface area contributed by atoms with Crippen molar-refractivity contribution in [1.29, 1.82) is 0 Å². The second-order valence-electron chi connectivity index (χ2n) is 3.82. The van der Waals surface area contributed by atoms with Gasteiger partial charge in [-0.3, -0.25) is 4.79 Å². The summed E-state index contributed by atoms with van der Waals surface area (Å²) in [5.74, 6) is -1.30. The Kier molecular flexibility index (Phi) is 3.68. The second-order valence-corrected chi connectivity index (χ2v) is 3.82. The molecule has 1 amide bonds. The van der Waals surface area contributed by atoms with E-state index in [0.717, 1.165) is 6.42 Å². The Morgan fingerprint density at radius 3 is 2.40 bits per heavy atom. The van der Waals surface area contributed by atoms with Crippen LogP contribution in [0.15, 0.2) is 0 Å². The SMILES string of the molecule is CCC(NC(=O)C1(OC)CCC1)C(=O)O. The maximum Gasteiger partial charge on any atom is 0.326 e. The van der Waals surface area contributed by atoms with Crippen LogP contribution in [0.3, 0.4) is 0 Å². The number of carboxylic acids is 1. The molecule has 0 aromatic rings. The predicted molar refractivity (Wildman–Crippen MR) is 53.4 cm³/mol. The normalized spacial score (nSPS) is 20.1. The summed E-state index contributed by atoms with van der Waals surface area (Å²) in [5.41, 5.74) is -0.775. The Morgan fingerprint density at radius 2 is 2.13 bits per heavy atom. The first-order chi connectivity index (χ1) is 7.05. The molecule has 1 rings (SSSR count). The number of hydrogen-bond donors (Lipinski definition) is 2. The minimum absolute atomic E-state index is 0.300. The lowest BCUT2D eigenvalue weighted by Gasteiger charge is -2.39. The molecule has 0 saturated heterocycles. The summed E-state index contributed by atoms with van der Waals surface area (Å²) < 4.78 is 5.16. The molecular formula is C10H17NO4. The highest BCUT2D eigenvalue weighted by molar-refractivity contribution is 5.90. The second kappa shape index (κ2) is 4.61. The van der Waals surface area contributed by atoms with Gasteiger partial charge in [-0.05, 0) is 25.7 Å². The lowest BCUT2D eigenvalue weighted by Crippen LogP contribution is -2.56. The number of rotatable bonds is 5. The molecule has 0 aliphatic heterocycles. The van der Waals surface area contributed by atoms with Crippen LogP contribution >= 0.6 is 0 Å². The van der Waals surface area contributed by atoms with E-state index in [2.05, 4.69) is 5.32 Å². The zero-order valence-electron chi connectivity index (χ0n) is 9.08. The van der Waals surface area contributed by atoms with Gasteiger partial charge < -0.3 is 15.2 Å². The van der Waals surface area contributed by atoms with Gasteiger partial charge in [0.05, 0.1) is 0 Å². The molecule has 1 aliphatic rings. The number of methoxy groups -OCH3 is 1. The van der Waals surface area contributed by atoms with E-state index < -0.39 is 17.6 Å². The van der Waals surface area contributed by atoms with Crippen LogP contribution in [0, 0.1) is 0 Å². The number of amides is 1. The molecule has 15 heavy (non-hydrogen) atoms. The molecule has 0 spiro atoms. The van der Waals surface area contributed by atoms with E-state index in [9.17, 15) is 9.59 Å². The number of hydrogen-bond acceptors (Lipinski definition) is 3. The van der Waals surface area contributed by atoms with Gasteiger partial charge in [-0.25, -0.2) is 4.79 Å². The Hall–Kier alpha value is -1.10. The van der Waals surface area contributed by atoms with Gasteiger partial charge in [0.1, 0.15) is 11.6 Å². The first kappa shape index (κ1) is 12.0. The summed E-state index contributed by atoms with van der Waals surface area (Å²) in [6, 6.07) is -0.815.